The number of aromatic nitrogens is 1. The minimum atomic E-state index is -0.484. The predicted octanol–water partition coefficient (Wildman–Crippen LogP) is 5.06. The van der Waals surface area contributed by atoms with Crippen molar-refractivity contribution in [2.24, 2.45) is 0 Å². The van der Waals surface area contributed by atoms with Crippen molar-refractivity contribution in [3.63, 3.8) is 0 Å². The van der Waals surface area contributed by atoms with E-state index < -0.39 is 17.1 Å². The molecule has 2 aromatic carbocycles. The van der Waals surface area contributed by atoms with Gasteiger partial charge in [-0.2, -0.15) is 0 Å². The molecule has 0 saturated carbocycles. The summed E-state index contributed by atoms with van der Waals surface area (Å²) in [6.07, 6.45) is 3.91. The summed E-state index contributed by atoms with van der Waals surface area (Å²) in [6, 6.07) is 16.8. The highest BCUT2D eigenvalue weighted by molar-refractivity contribution is 8.18. The molecular weight excluding hydrogens is 454 g/mol. The topological polar surface area (TPSA) is 79.4 Å². The van der Waals surface area contributed by atoms with Crippen LogP contribution in [0, 0.1) is 0 Å². The highest BCUT2D eigenvalue weighted by atomic mass is 35.5. The number of nitrogens with one attached hydrogen (secondary N) is 1. The monoisotopic (exact) mass is 469 g/mol. The van der Waals surface area contributed by atoms with Crippen molar-refractivity contribution in [3.05, 3.63) is 86.7 Å². The van der Waals surface area contributed by atoms with Gasteiger partial charge in [0.25, 0.3) is 11.1 Å². The van der Waals surface area contributed by atoms with Crippen LogP contribution in [-0.2, 0) is 16.0 Å². The predicted molar refractivity (Wildman–Crippen MR) is 124 cm³/mol. The first-order valence-corrected chi connectivity index (χ1v) is 11.3. The first-order chi connectivity index (χ1) is 15.0. The molecule has 1 N–H and O–H groups in total. The normalized spacial score (nSPS) is 15.0. The Kier molecular flexibility index (Phi) is 6.50. The molecule has 0 radical (unpaired) electrons. The minimum absolute atomic E-state index is 0.292. The summed E-state index contributed by atoms with van der Waals surface area (Å²) >= 11 is 8.33. The molecule has 6 nitrogen and oxygen atoms in total. The zero-order valence-electron chi connectivity index (χ0n) is 16.1. The number of benzene rings is 2. The van der Waals surface area contributed by atoms with Gasteiger partial charge in [-0.25, -0.2) is 4.98 Å². The van der Waals surface area contributed by atoms with Gasteiger partial charge >= 0.3 is 0 Å². The number of carbonyl (C=O) groups excluding carboxylic acids is 3. The molecule has 0 bridgehead atoms. The number of nitrogens with zero attached hydrogens (tertiary/aromatic N) is 2. The lowest BCUT2D eigenvalue weighted by atomic mass is 10.1. The van der Waals surface area contributed by atoms with Gasteiger partial charge in [-0.15, -0.1) is 11.3 Å². The van der Waals surface area contributed by atoms with Gasteiger partial charge in [0.15, 0.2) is 5.13 Å². The summed E-state index contributed by atoms with van der Waals surface area (Å²) in [7, 11) is 0. The highest BCUT2D eigenvalue weighted by Gasteiger charge is 2.36. The molecule has 156 valence electrons. The molecule has 4 rings (SSSR count). The molecule has 0 unspecified atom stereocenters. The Morgan fingerprint density at radius 2 is 1.84 bits per heavy atom. The second kappa shape index (κ2) is 9.47. The van der Waals surface area contributed by atoms with Crippen LogP contribution in [-0.4, -0.2) is 33.5 Å². The number of amides is 3. The number of rotatable bonds is 6. The summed E-state index contributed by atoms with van der Waals surface area (Å²) in [4.78, 5) is 43.6. The van der Waals surface area contributed by atoms with Crippen LogP contribution in [0.1, 0.15) is 16.0 Å². The molecule has 2 heterocycles. The smallest absolute Gasteiger partial charge is 0.294 e. The zero-order chi connectivity index (χ0) is 21.8. The first-order valence-electron chi connectivity index (χ1n) is 9.28. The highest BCUT2D eigenvalue weighted by Crippen LogP contribution is 2.32. The van der Waals surface area contributed by atoms with Crippen LogP contribution in [0.15, 0.2) is 65.7 Å². The van der Waals surface area contributed by atoms with Crippen molar-refractivity contribution in [3.8, 4) is 0 Å². The van der Waals surface area contributed by atoms with Gasteiger partial charge in [0.05, 0.1) is 4.91 Å². The van der Waals surface area contributed by atoms with Gasteiger partial charge in [-0.1, -0.05) is 60.1 Å². The van der Waals surface area contributed by atoms with Crippen molar-refractivity contribution >= 4 is 63.0 Å². The number of thioether (sulfide) groups is 1. The average molecular weight is 470 g/mol. The average Bonchev–Trinajstić information content (AvgIpc) is 3.29. The number of hydrogen-bond donors (Lipinski definition) is 1. The number of hydrogen-bond acceptors (Lipinski definition) is 6. The van der Waals surface area contributed by atoms with E-state index in [4.69, 9.17) is 11.6 Å². The quantitative estimate of drug-likeness (QED) is 0.510. The van der Waals surface area contributed by atoms with Crippen molar-refractivity contribution < 1.29 is 14.4 Å². The van der Waals surface area contributed by atoms with E-state index in [9.17, 15) is 14.4 Å². The van der Waals surface area contributed by atoms with Gasteiger partial charge in [0.2, 0.25) is 5.91 Å². The molecule has 0 aliphatic carbocycles. The Bertz CT molecular complexity index is 1180. The SMILES string of the molecule is O=C(CN1C(=O)S/C(=C/c2ccccc2)C1=O)Nc1ncc(Cc2ccccc2Cl)s1. The van der Waals surface area contributed by atoms with E-state index in [1.807, 2.05) is 54.6 Å². The van der Waals surface area contributed by atoms with Gasteiger partial charge < -0.3 is 5.32 Å². The number of carbonyl (C=O) groups is 3. The molecule has 3 amide bonds. The number of imide groups is 1. The van der Waals surface area contributed by atoms with Crippen LogP contribution in [0.3, 0.4) is 0 Å². The maximum atomic E-state index is 12.6. The van der Waals surface area contributed by atoms with Crippen molar-refractivity contribution in [1.29, 1.82) is 0 Å². The van der Waals surface area contributed by atoms with Gasteiger partial charge in [-0.3, -0.25) is 19.3 Å². The van der Waals surface area contributed by atoms with Gasteiger partial charge in [0, 0.05) is 22.5 Å². The van der Waals surface area contributed by atoms with E-state index in [1.54, 1.807) is 12.3 Å². The molecule has 3 aromatic rings. The number of anilines is 1. The minimum Gasteiger partial charge on any atom is -0.300 e. The molecule has 9 heteroatoms. The maximum Gasteiger partial charge on any atom is 0.294 e. The molecule has 0 spiro atoms. The first kappa shape index (κ1) is 21.3. The van der Waals surface area contributed by atoms with Crippen LogP contribution >= 0.6 is 34.7 Å². The third-order valence-corrected chi connectivity index (χ3v) is 6.58. The van der Waals surface area contributed by atoms with Crippen molar-refractivity contribution in [2.45, 2.75) is 6.42 Å². The Morgan fingerprint density at radius 1 is 1.10 bits per heavy atom. The van der Waals surface area contributed by atoms with E-state index in [0.29, 0.717) is 21.5 Å². The lowest BCUT2D eigenvalue weighted by Crippen LogP contribution is -2.36. The summed E-state index contributed by atoms with van der Waals surface area (Å²) < 4.78 is 0. The fourth-order valence-electron chi connectivity index (χ4n) is 2.92. The van der Waals surface area contributed by atoms with Gasteiger partial charge in [0.1, 0.15) is 6.54 Å². The number of thiazole rings is 1. The third kappa shape index (κ3) is 5.22. The van der Waals surface area contributed by atoms with E-state index in [0.717, 1.165) is 32.7 Å². The summed E-state index contributed by atoms with van der Waals surface area (Å²) in [5, 5.41) is 3.26. The largest absolute Gasteiger partial charge is 0.300 e. The third-order valence-electron chi connectivity index (χ3n) is 4.40. The van der Waals surface area contributed by atoms with Crippen molar-refractivity contribution in [2.75, 3.05) is 11.9 Å². The summed E-state index contributed by atoms with van der Waals surface area (Å²) in [5.74, 6) is -0.963. The Labute approximate surface area is 191 Å². The zero-order valence-corrected chi connectivity index (χ0v) is 18.5. The van der Waals surface area contributed by atoms with E-state index >= 15 is 0 Å². The summed E-state index contributed by atoms with van der Waals surface area (Å²) in [5.41, 5.74) is 1.78. The summed E-state index contributed by atoms with van der Waals surface area (Å²) in [6.45, 7) is -0.365. The molecule has 1 aliphatic heterocycles. The lowest BCUT2D eigenvalue weighted by Gasteiger charge is -2.11. The second-order valence-electron chi connectivity index (χ2n) is 6.63. The second-order valence-corrected chi connectivity index (χ2v) is 9.14. The maximum absolute atomic E-state index is 12.6. The van der Waals surface area contributed by atoms with E-state index in [-0.39, 0.29) is 6.54 Å². The van der Waals surface area contributed by atoms with Crippen LogP contribution in [0.4, 0.5) is 9.93 Å². The van der Waals surface area contributed by atoms with Crippen LogP contribution in [0.2, 0.25) is 5.02 Å². The molecule has 0 atom stereocenters. The Hall–Kier alpha value is -2.94. The molecule has 31 heavy (non-hydrogen) atoms. The standard InChI is InChI=1S/C22H16ClN3O3S2/c23-17-9-5-4-8-15(17)11-16-12-24-21(30-16)25-19(27)13-26-20(28)18(31-22(26)29)10-14-6-2-1-3-7-14/h1-10,12H,11,13H2,(H,24,25,27)/b18-10+. The van der Waals surface area contributed by atoms with Crippen LogP contribution in [0.5, 0.6) is 0 Å². The van der Waals surface area contributed by atoms with Crippen LogP contribution in [0.25, 0.3) is 6.08 Å². The van der Waals surface area contributed by atoms with E-state index in [1.165, 1.54) is 11.3 Å². The van der Waals surface area contributed by atoms with E-state index in [2.05, 4.69) is 10.3 Å². The lowest BCUT2D eigenvalue weighted by molar-refractivity contribution is -0.127. The molecule has 1 saturated heterocycles. The van der Waals surface area contributed by atoms with Gasteiger partial charge in [-0.05, 0) is 35.0 Å². The molecule has 1 aliphatic rings. The number of halogens is 1. The molecular formula is C22H16ClN3O3S2. The Morgan fingerprint density at radius 3 is 2.61 bits per heavy atom. The fourth-order valence-corrected chi connectivity index (χ4v) is 4.81. The van der Waals surface area contributed by atoms with Crippen LogP contribution < -0.4 is 5.32 Å². The van der Waals surface area contributed by atoms with Crippen molar-refractivity contribution in [1.82, 2.24) is 9.88 Å². The molecule has 1 fully saturated rings. The molecule has 1 aromatic heterocycles. The Balaban J connectivity index is 1.37. The fraction of sp³-hybridized carbons (Fsp3) is 0.0909.